The Bertz CT molecular complexity index is 886. The number of hydrogen-bond donors (Lipinski definition) is 1. The van der Waals surface area contributed by atoms with Crippen LogP contribution in [0.1, 0.15) is 18.5 Å². The molecule has 0 aromatic heterocycles. The second kappa shape index (κ2) is 8.42. The van der Waals surface area contributed by atoms with Gasteiger partial charge in [-0.05, 0) is 31.2 Å². The van der Waals surface area contributed by atoms with Gasteiger partial charge < -0.3 is 10.1 Å². The molecule has 0 saturated heterocycles. The summed E-state index contributed by atoms with van der Waals surface area (Å²) in [6.07, 6.45) is 1.05. The molecule has 0 aliphatic heterocycles. The molecule has 2 aromatic rings. The standard InChI is InChI=1S/C18H21ClN2O4S/c1-13(16-9-4-5-10-17(16)25-2)20-18(22)12-21(26(3,23)24)15-8-6-7-14(19)11-15/h4-11,13H,12H2,1-3H3,(H,20,22)/t13-/m1/s1. The maximum atomic E-state index is 12.5. The summed E-state index contributed by atoms with van der Waals surface area (Å²) < 4.78 is 30.5. The van der Waals surface area contributed by atoms with Crippen molar-refractivity contribution in [3.05, 3.63) is 59.1 Å². The molecule has 2 aromatic carbocycles. The largest absolute Gasteiger partial charge is 0.496 e. The van der Waals surface area contributed by atoms with E-state index in [1.54, 1.807) is 38.3 Å². The molecule has 1 N–H and O–H groups in total. The zero-order chi connectivity index (χ0) is 19.3. The van der Waals surface area contributed by atoms with Crippen LogP contribution in [0.3, 0.4) is 0 Å². The average molecular weight is 397 g/mol. The van der Waals surface area contributed by atoms with Gasteiger partial charge in [0.1, 0.15) is 12.3 Å². The molecule has 2 rings (SSSR count). The maximum Gasteiger partial charge on any atom is 0.241 e. The first-order chi connectivity index (χ1) is 12.2. The molecule has 0 aliphatic carbocycles. The van der Waals surface area contributed by atoms with Crippen molar-refractivity contribution in [3.8, 4) is 5.75 Å². The van der Waals surface area contributed by atoms with E-state index in [0.29, 0.717) is 16.5 Å². The Morgan fingerprint density at radius 2 is 1.92 bits per heavy atom. The van der Waals surface area contributed by atoms with Crippen molar-refractivity contribution < 1.29 is 17.9 Å². The smallest absolute Gasteiger partial charge is 0.241 e. The Balaban J connectivity index is 2.17. The van der Waals surface area contributed by atoms with Crippen molar-refractivity contribution in [1.29, 1.82) is 0 Å². The van der Waals surface area contributed by atoms with E-state index in [4.69, 9.17) is 16.3 Å². The highest BCUT2D eigenvalue weighted by molar-refractivity contribution is 7.92. The first kappa shape index (κ1) is 20.1. The lowest BCUT2D eigenvalue weighted by molar-refractivity contribution is -0.120. The van der Waals surface area contributed by atoms with Gasteiger partial charge in [0, 0.05) is 10.6 Å². The number of nitrogens with zero attached hydrogens (tertiary/aromatic N) is 1. The topological polar surface area (TPSA) is 75.7 Å². The fourth-order valence-corrected chi connectivity index (χ4v) is 3.58. The minimum Gasteiger partial charge on any atom is -0.496 e. The molecule has 1 atom stereocenters. The summed E-state index contributed by atoms with van der Waals surface area (Å²) in [6.45, 7) is 1.46. The number of nitrogens with one attached hydrogen (secondary N) is 1. The third-order valence-electron chi connectivity index (χ3n) is 3.77. The van der Waals surface area contributed by atoms with Gasteiger partial charge in [0.15, 0.2) is 0 Å². The summed E-state index contributed by atoms with van der Waals surface area (Å²) in [4.78, 5) is 12.5. The number of rotatable bonds is 7. The number of ether oxygens (including phenoxy) is 1. The zero-order valence-electron chi connectivity index (χ0n) is 14.8. The molecule has 6 nitrogen and oxygen atoms in total. The maximum absolute atomic E-state index is 12.5. The zero-order valence-corrected chi connectivity index (χ0v) is 16.3. The van der Waals surface area contributed by atoms with E-state index in [9.17, 15) is 13.2 Å². The number of hydrogen-bond acceptors (Lipinski definition) is 4. The van der Waals surface area contributed by atoms with Crippen LogP contribution in [-0.4, -0.2) is 34.2 Å². The van der Waals surface area contributed by atoms with Crippen LogP contribution in [0, 0.1) is 0 Å². The van der Waals surface area contributed by atoms with Crippen LogP contribution in [0.15, 0.2) is 48.5 Å². The van der Waals surface area contributed by atoms with E-state index in [-0.39, 0.29) is 12.6 Å². The number of halogens is 1. The monoisotopic (exact) mass is 396 g/mol. The first-order valence-electron chi connectivity index (χ1n) is 7.88. The number of sulfonamides is 1. The number of benzene rings is 2. The van der Waals surface area contributed by atoms with Gasteiger partial charge in [-0.3, -0.25) is 9.10 Å². The number of methoxy groups -OCH3 is 1. The summed E-state index contributed by atoms with van der Waals surface area (Å²) >= 11 is 5.94. The predicted octanol–water partition coefficient (Wildman–Crippen LogP) is 2.99. The number of carbonyl (C=O) groups excluding carboxylic acids is 1. The molecule has 0 fully saturated rings. The van der Waals surface area contributed by atoms with Gasteiger partial charge in [-0.15, -0.1) is 0 Å². The van der Waals surface area contributed by atoms with E-state index in [0.717, 1.165) is 16.1 Å². The molecule has 0 bridgehead atoms. The third kappa shape index (κ3) is 5.12. The van der Waals surface area contributed by atoms with Crippen molar-refractivity contribution in [1.82, 2.24) is 5.32 Å². The van der Waals surface area contributed by atoms with Crippen molar-refractivity contribution in [2.75, 3.05) is 24.2 Å². The minimum atomic E-state index is -3.65. The molecule has 0 aliphatic rings. The summed E-state index contributed by atoms with van der Waals surface area (Å²) in [7, 11) is -2.10. The normalized spacial score (nSPS) is 12.3. The van der Waals surface area contributed by atoms with Crippen molar-refractivity contribution in [3.63, 3.8) is 0 Å². The average Bonchev–Trinajstić information content (AvgIpc) is 2.58. The van der Waals surface area contributed by atoms with Crippen LogP contribution in [0.25, 0.3) is 0 Å². The van der Waals surface area contributed by atoms with Gasteiger partial charge in [0.2, 0.25) is 15.9 Å². The Kier molecular flexibility index (Phi) is 6.50. The van der Waals surface area contributed by atoms with Gasteiger partial charge in [-0.1, -0.05) is 35.9 Å². The van der Waals surface area contributed by atoms with Crippen LogP contribution in [0.5, 0.6) is 5.75 Å². The number of amides is 1. The molecular weight excluding hydrogens is 376 g/mol. The lowest BCUT2D eigenvalue weighted by Crippen LogP contribution is -2.41. The Hall–Kier alpha value is -2.25. The van der Waals surface area contributed by atoms with Gasteiger partial charge in [0.05, 0.1) is 25.1 Å². The van der Waals surface area contributed by atoms with Gasteiger partial charge in [0.25, 0.3) is 0 Å². The number of carbonyl (C=O) groups is 1. The molecule has 0 saturated carbocycles. The Labute approximate surface area is 158 Å². The van der Waals surface area contributed by atoms with Crippen LogP contribution < -0.4 is 14.4 Å². The molecule has 1 amide bonds. The summed E-state index contributed by atoms with van der Waals surface area (Å²) in [5.74, 6) is 0.212. The second-order valence-corrected chi connectivity index (χ2v) is 8.12. The molecule has 0 heterocycles. The van der Waals surface area contributed by atoms with E-state index < -0.39 is 15.9 Å². The molecule has 8 heteroatoms. The molecule has 26 heavy (non-hydrogen) atoms. The van der Waals surface area contributed by atoms with Crippen molar-refractivity contribution >= 4 is 33.2 Å². The van der Waals surface area contributed by atoms with Crippen LogP contribution in [0.4, 0.5) is 5.69 Å². The molecular formula is C18H21ClN2O4S. The number of anilines is 1. The summed E-state index contributed by atoms with van der Waals surface area (Å²) in [5.41, 5.74) is 1.14. The number of para-hydroxylation sites is 1. The molecule has 0 radical (unpaired) electrons. The van der Waals surface area contributed by atoms with Crippen molar-refractivity contribution in [2.24, 2.45) is 0 Å². The lowest BCUT2D eigenvalue weighted by Gasteiger charge is -2.24. The highest BCUT2D eigenvalue weighted by atomic mass is 35.5. The quantitative estimate of drug-likeness (QED) is 0.780. The lowest BCUT2D eigenvalue weighted by atomic mass is 10.1. The Morgan fingerprint density at radius 1 is 1.23 bits per heavy atom. The predicted molar refractivity (Wildman–Crippen MR) is 103 cm³/mol. The van der Waals surface area contributed by atoms with E-state index in [2.05, 4.69) is 5.32 Å². The highest BCUT2D eigenvalue weighted by Gasteiger charge is 2.22. The van der Waals surface area contributed by atoms with E-state index in [1.165, 1.54) is 6.07 Å². The fourth-order valence-electron chi connectivity index (χ4n) is 2.55. The summed E-state index contributed by atoms with van der Waals surface area (Å²) in [6, 6.07) is 13.3. The third-order valence-corrected chi connectivity index (χ3v) is 5.14. The molecule has 0 unspecified atom stereocenters. The van der Waals surface area contributed by atoms with Crippen LogP contribution >= 0.6 is 11.6 Å². The van der Waals surface area contributed by atoms with Gasteiger partial charge in [-0.2, -0.15) is 0 Å². The van der Waals surface area contributed by atoms with Crippen LogP contribution in [-0.2, 0) is 14.8 Å². The first-order valence-corrected chi connectivity index (χ1v) is 10.1. The molecule has 140 valence electrons. The molecule has 0 spiro atoms. The van der Waals surface area contributed by atoms with Gasteiger partial charge in [-0.25, -0.2) is 8.42 Å². The fraction of sp³-hybridized carbons (Fsp3) is 0.278. The van der Waals surface area contributed by atoms with Crippen molar-refractivity contribution in [2.45, 2.75) is 13.0 Å². The SMILES string of the molecule is COc1ccccc1[C@@H](C)NC(=O)CN(c1cccc(Cl)c1)S(C)(=O)=O. The second-order valence-electron chi connectivity index (χ2n) is 5.78. The van der Waals surface area contributed by atoms with Crippen LogP contribution in [0.2, 0.25) is 5.02 Å². The van der Waals surface area contributed by atoms with E-state index >= 15 is 0 Å². The Morgan fingerprint density at radius 3 is 2.54 bits per heavy atom. The highest BCUT2D eigenvalue weighted by Crippen LogP contribution is 2.25. The van der Waals surface area contributed by atoms with Gasteiger partial charge >= 0.3 is 0 Å². The summed E-state index contributed by atoms with van der Waals surface area (Å²) in [5, 5.41) is 3.19. The van der Waals surface area contributed by atoms with E-state index in [1.807, 2.05) is 18.2 Å². The minimum absolute atomic E-state index is 0.333.